The van der Waals surface area contributed by atoms with Gasteiger partial charge >= 0.3 is 5.97 Å². The number of fused-ring (bicyclic) bond motifs is 1. The molecule has 0 bridgehead atoms. The van der Waals surface area contributed by atoms with Crippen molar-refractivity contribution >= 4 is 27.4 Å². The Morgan fingerprint density at radius 3 is 2.25 bits per heavy atom. The molecular formula is C21H14O2S. The maximum absolute atomic E-state index is 11.3. The van der Waals surface area contributed by atoms with E-state index in [0.717, 1.165) is 26.8 Å². The van der Waals surface area contributed by atoms with E-state index in [4.69, 9.17) is 0 Å². The van der Waals surface area contributed by atoms with Gasteiger partial charge in [0.15, 0.2) is 0 Å². The molecule has 0 unspecified atom stereocenters. The Hall–Kier alpha value is -2.91. The average Bonchev–Trinajstić information content (AvgIpc) is 3.07. The number of carboxylic acid groups (broad SMARTS) is 1. The van der Waals surface area contributed by atoms with Crippen molar-refractivity contribution in [1.29, 1.82) is 0 Å². The molecule has 0 saturated carbocycles. The minimum atomic E-state index is -0.875. The first-order valence-electron chi connectivity index (χ1n) is 7.64. The second-order valence-electron chi connectivity index (χ2n) is 5.58. The molecule has 0 aliphatic rings. The van der Waals surface area contributed by atoms with Crippen LogP contribution in [0, 0.1) is 0 Å². The van der Waals surface area contributed by atoms with Crippen LogP contribution < -0.4 is 0 Å². The summed E-state index contributed by atoms with van der Waals surface area (Å²) < 4.78 is 0.995. The van der Waals surface area contributed by atoms with E-state index in [1.807, 2.05) is 42.5 Å². The van der Waals surface area contributed by atoms with Gasteiger partial charge in [-0.15, -0.1) is 11.3 Å². The van der Waals surface area contributed by atoms with Crippen LogP contribution in [0.15, 0.2) is 78.9 Å². The SMILES string of the molecule is O=C(O)c1cc2c(-c3cccc(-c4ccccc4)c3)cccc2s1. The van der Waals surface area contributed by atoms with Crippen LogP contribution in [-0.2, 0) is 0 Å². The van der Waals surface area contributed by atoms with Crippen molar-refractivity contribution in [1.82, 2.24) is 0 Å². The molecule has 0 radical (unpaired) electrons. The lowest BCUT2D eigenvalue weighted by atomic mass is 9.97. The number of benzene rings is 3. The van der Waals surface area contributed by atoms with Gasteiger partial charge in [0.2, 0.25) is 0 Å². The molecule has 1 aromatic heterocycles. The Morgan fingerprint density at radius 2 is 1.46 bits per heavy atom. The number of carbonyl (C=O) groups is 1. The van der Waals surface area contributed by atoms with Crippen LogP contribution >= 0.6 is 11.3 Å². The molecule has 24 heavy (non-hydrogen) atoms. The smallest absolute Gasteiger partial charge is 0.345 e. The summed E-state index contributed by atoms with van der Waals surface area (Å²) in [5.74, 6) is -0.875. The summed E-state index contributed by atoms with van der Waals surface area (Å²) in [5, 5.41) is 10.2. The number of aromatic carboxylic acids is 1. The van der Waals surface area contributed by atoms with Gasteiger partial charge in [0.25, 0.3) is 0 Å². The molecule has 3 aromatic carbocycles. The second-order valence-corrected chi connectivity index (χ2v) is 6.66. The number of hydrogen-bond donors (Lipinski definition) is 1. The molecule has 0 amide bonds. The van der Waals surface area contributed by atoms with E-state index in [1.165, 1.54) is 16.9 Å². The standard InChI is InChI=1S/C21H14O2S/c22-21(23)20-13-18-17(10-5-11-19(18)24-20)16-9-4-8-15(12-16)14-6-2-1-3-7-14/h1-13H,(H,22,23). The predicted octanol–water partition coefficient (Wildman–Crippen LogP) is 5.93. The Bertz CT molecular complexity index is 1030. The normalized spacial score (nSPS) is 10.8. The van der Waals surface area contributed by atoms with Crippen molar-refractivity contribution in [3.05, 3.63) is 83.7 Å². The highest BCUT2D eigenvalue weighted by Gasteiger charge is 2.12. The van der Waals surface area contributed by atoms with E-state index in [1.54, 1.807) is 6.07 Å². The third-order valence-electron chi connectivity index (χ3n) is 4.05. The minimum Gasteiger partial charge on any atom is -0.477 e. The van der Waals surface area contributed by atoms with Gasteiger partial charge in [-0.2, -0.15) is 0 Å². The first kappa shape index (κ1) is 14.7. The van der Waals surface area contributed by atoms with Crippen molar-refractivity contribution in [3.63, 3.8) is 0 Å². The van der Waals surface area contributed by atoms with Gasteiger partial charge < -0.3 is 5.11 Å². The van der Waals surface area contributed by atoms with Crippen molar-refractivity contribution in [2.24, 2.45) is 0 Å². The first-order chi connectivity index (χ1) is 11.7. The van der Waals surface area contributed by atoms with Crippen LogP contribution in [-0.4, -0.2) is 11.1 Å². The Kier molecular flexibility index (Phi) is 3.63. The lowest BCUT2D eigenvalue weighted by Crippen LogP contribution is -1.89. The van der Waals surface area contributed by atoms with E-state index >= 15 is 0 Å². The molecule has 0 fully saturated rings. The van der Waals surface area contributed by atoms with Crippen molar-refractivity contribution in [3.8, 4) is 22.3 Å². The first-order valence-corrected chi connectivity index (χ1v) is 8.46. The van der Waals surface area contributed by atoms with Gasteiger partial charge in [-0.1, -0.05) is 60.7 Å². The highest BCUT2D eigenvalue weighted by atomic mass is 32.1. The maximum Gasteiger partial charge on any atom is 0.345 e. The van der Waals surface area contributed by atoms with Crippen LogP contribution in [0.5, 0.6) is 0 Å². The molecule has 2 nitrogen and oxygen atoms in total. The fraction of sp³-hybridized carbons (Fsp3) is 0. The van der Waals surface area contributed by atoms with E-state index in [2.05, 4.69) is 30.3 Å². The maximum atomic E-state index is 11.3. The minimum absolute atomic E-state index is 0.372. The zero-order chi connectivity index (χ0) is 16.5. The van der Waals surface area contributed by atoms with Crippen LogP contribution in [0.25, 0.3) is 32.3 Å². The predicted molar refractivity (Wildman–Crippen MR) is 99.7 cm³/mol. The highest BCUT2D eigenvalue weighted by Crippen LogP contribution is 2.35. The zero-order valence-corrected chi connectivity index (χ0v) is 13.6. The highest BCUT2D eigenvalue weighted by molar-refractivity contribution is 7.20. The number of hydrogen-bond acceptors (Lipinski definition) is 2. The Labute approximate surface area is 143 Å². The van der Waals surface area contributed by atoms with Gasteiger partial charge in [-0.3, -0.25) is 0 Å². The summed E-state index contributed by atoms with van der Waals surface area (Å²) in [6.45, 7) is 0. The molecule has 0 atom stereocenters. The number of carboxylic acids is 1. The zero-order valence-electron chi connectivity index (χ0n) is 12.8. The second kappa shape index (κ2) is 5.95. The van der Waals surface area contributed by atoms with Crippen LogP contribution in [0.1, 0.15) is 9.67 Å². The fourth-order valence-electron chi connectivity index (χ4n) is 2.91. The molecular weight excluding hydrogens is 316 g/mol. The van der Waals surface area contributed by atoms with Crippen molar-refractivity contribution < 1.29 is 9.90 Å². The van der Waals surface area contributed by atoms with Crippen LogP contribution in [0.2, 0.25) is 0 Å². The van der Waals surface area contributed by atoms with E-state index < -0.39 is 5.97 Å². The summed E-state index contributed by atoms with van der Waals surface area (Å²) in [7, 11) is 0. The van der Waals surface area contributed by atoms with Crippen molar-refractivity contribution in [2.45, 2.75) is 0 Å². The van der Waals surface area contributed by atoms with E-state index in [9.17, 15) is 9.90 Å². The molecule has 1 heterocycles. The van der Waals surface area contributed by atoms with Crippen LogP contribution in [0.3, 0.4) is 0 Å². The summed E-state index contributed by atoms with van der Waals surface area (Å²) in [4.78, 5) is 11.6. The third-order valence-corrected chi connectivity index (χ3v) is 5.14. The van der Waals surface area contributed by atoms with E-state index in [0.29, 0.717) is 4.88 Å². The summed E-state index contributed by atoms with van der Waals surface area (Å²) >= 11 is 1.32. The summed E-state index contributed by atoms with van der Waals surface area (Å²) in [6.07, 6.45) is 0. The molecule has 3 heteroatoms. The Morgan fingerprint density at radius 1 is 0.750 bits per heavy atom. The molecule has 0 spiro atoms. The molecule has 0 saturated heterocycles. The molecule has 116 valence electrons. The lowest BCUT2D eigenvalue weighted by Gasteiger charge is -2.07. The van der Waals surface area contributed by atoms with Gasteiger partial charge in [0.05, 0.1) is 0 Å². The average molecular weight is 330 g/mol. The van der Waals surface area contributed by atoms with E-state index in [-0.39, 0.29) is 0 Å². The lowest BCUT2D eigenvalue weighted by molar-refractivity contribution is 0.0702. The molecule has 0 aliphatic carbocycles. The fourth-order valence-corrected chi connectivity index (χ4v) is 3.84. The van der Waals surface area contributed by atoms with Crippen molar-refractivity contribution in [2.75, 3.05) is 0 Å². The van der Waals surface area contributed by atoms with Gasteiger partial charge in [0, 0.05) is 10.1 Å². The molecule has 4 rings (SSSR count). The van der Waals surface area contributed by atoms with Gasteiger partial charge in [-0.25, -0.2) is 4.79 Å². The summed E-state index contributed by atoms with van der Waals surface area (Å²) in [6, 6.07) is 26.4. The quantitative estimate of drug-likeness (QED) is 0.505. The van der Waals surface area contributed by atoms with Gasteiger partial charge in [0.1, 0.15) is 4.88 Å². The molecule has 1 N–H and O–H groups in total. The summed E-state index contributed by atoms with van der Waals surface area (Å²) in [5.41, 5.74) is 4.48. The largest absolute Gasteiger partial charge is 0.477 e. The number of rotatable bonds is 3. The monoisotopic (exact) mass is 330 g/mol. The number of thiophene rings is 1. The molecule has 0 aliphatic heterocycles. The third kappa shape index (κ3) is 2.59. The van der Waals surface area contributed by atoms with Gasteiger partial charge in [-0.05, 0) is 40.5 Å². The van der Waals surface area contributed by atoms with Crippen LogP contribution in [0.4, 0.5) is 0 Å². The Balaban J connectivity index is 1.88. The topological polar surface area (TPSA) is 37.3 Å². The molecule has 4 aromatic rings.